The lowest BCUT2D eigenvalue weighted by atomic mass is 9.77. The Kier molecular flexibility index (Phi) is 6.02. The third-order valence-corrected chi connectivity index (χ3v) is 11.1. The molecule has 0 atom stereocenters. The zero-order valence-electron chi connectivity index (χ0n) is 25.9. The number of hydrogen-bond donors (Lipinski definition) is 0. The van der Waals surface area contributed by atoms with Gasteiger partial charge in [-0.3, -0.25) is 0 Å². The van der Waals surface area contributed by atoms with Crippen LogP contribution in [0.25, 0.3) is 59.1 Å². The van der Waals surface area contributed by atoms with Gasteiger partial charge in [-0.15, -0.1) is 11.3 Å². The van der Waals surface area contributed by atoms with E-state index in [0.29, 0.717) is 0 Å². The van der Waals surface area contributed by atoms with E-state index in [1.807, 2.05) is 11.3 Å². The van der Waals surface area contributed by atoms with Crippen molar-refractivity contribution in [2.24, 2.45) is 0 Å². The number of benzene rings is 5. The number of hydrogen-bond acceptors (Lipinski definition) is 1. The first-order chi connectivity index (χ1) is 21.2. The van der Waals surface area contributed by atoms with Gasteiger partial charge in [0.2, 0.25) is 0 Å². The molecule has 1 heterocycles. The van der Waals surface area contributed by atoms with Crippen molar-refractivity contribution in [1.29, 1.82) is 0 Å². The van der Waals surface area contributed by atoms with Gasteiger partial charge in [-0.2, -0.15) is 0 Å². The molecule has 0 radical (unpaired) electrons. The highest BCUT2D eigenvalue weighted by Gasteiger charge is 2.35. The zero-order valence-corrected chi connectivity index (χ0v) is 26.7. The van der Waals surface area contributed by atoms with Crippen LogP contribution in [0.15, 0.2) is 128 Å². The van der Waals surface area contributed by atoms with Gasteiger partial charge in [0.1, 0.15) is 0 Å². The maximum absolute atomic E-state index is 4.38. The average molecular weight is 585 g/mol. The molecule has 44 heavy (non-hydrogen) atoms. The summed E-state index contributed by atoms with van der Waals surface area (Å²) in [5, 5.41) is 2.66. The van der Waals surface area contributed by atoms with Crippen LogP contribution in [0.4, 0.5) is 0 Å². The van der Waals surface area contributed by atoms with Gasteiger partial charge < -0.3 is 0 Å². The molecule has 1 heteroatoms. The van der Waals surface area contributed by atoms with E-state index in [9.17, 15) is 0 Å². The van der Waals surface area contributed by atoms with Crippen molar-refractivity contribution in [2.75, 3.05) is 0 Å². The zero-order chi connectivity index (χ0) is 30.2. The van der Waals surface area contributed by atoms with E-state index in [1.165, 1.54) is 75.8 Å². The summed E-state index contributed by atoms with van der Waals surface area (Å²) in [7, 11) is 0. The molecule has 0 saturated heterocycles. The summed E-state index contributed by atoms with van der Waals surface area (Å²) in [5.74, 6) is 0. The van der Waals surface area contributed by atoms with Gasteiger partial charge in [0, 0.05) is 25.6 Å². The predicted octanol–water partition coefficient (Wildman–Crippen LogP) is 12.5. The predicted molar refractivity (Wildman–Crippen MR) is 193 cm³/mol. The van der Waals surface area contributed by atoms with Crippen LogP contribution in [0.5, 0.6) is 0 Å². The Morgan fingerprint density at radius 3 is 1.84 bits per heavy atom. The first-order valence-corrected chi connectivity index (χ1v) is 16.4. The van der Waals surface area contributed by atoms with E-state index in [2.05, 4.69) is 156 Å². The molecule has 0 spiro atoms. The molecule has 2 aliphatic rings. The number of rotatable bonds is 2. The number of thiophene rings is 1. The van der Waals surface area contributed by atoms with E-state index < -0.39 is 0 Å². The smallest absolute Gasteiger partial charge is 0.0361 e. The van der Waals surface area contributed by atoms with E-state index >= 15 is 0 Å². The van der Waals surface area contributed by atoms with E-state index in [0.717, 1.165) is 12.0 Å². The fraction of sp³-hybridized carbons (Fsp3) is 0.163. The van der Waals surface area contributed by atoms with Crippen molar-refractivity contribution in [1.82, 2.24) is 0 Å². The molecule has 0 bridgehead atoms. The lowest BCUT2D eigenvalue weighted by Gasteiger charge is -2.27. The van der Waals surface area contributed by atoms with Crippen molar-refractivity contribution >= 4 is 37.1 Å². The van der Waals surface area contributed by atoms with Crippen LogP contribution in [0.3, 0.4) is 0 Å². The Labute approximate surface area is 264 Å². The normalized spacial score (nSPS) is 17.8. The monoisotopic (exact) mass is 584 g/mol. The maximum Gasteiger partial charge on any atom is 0.0361 e. The van der Waals surface area contributed by atoms with E-state index in [1.54, 1.807) is 0 Å². The third-order valence-electron chi connectivity index (χ3n) is 9.99. The van der Waals surface area contributed by atoms with Gasteiger partial charge in [-0.05, 0) is 97.3 Å². The summed E-state index contributed by atoms with van der Waals surface area (Å²) in [6.07, 6.45) is 9.63. The topological polar surface area (TPSA) is 0 Å². The molecule has 8 rings (SSSR count). The van der Waals surface area contributed by atoms with Crippen LogP contribution in [-0.4, -0.2) is 0 Å². The number of allylic oxidation sites excluding steroid dienone is 5. The van der Waals surface area contributed by atoms with Gasteiger partial charge >= 0.3 is 0 Å². The highest BCUT2D eigenvalue weighted by molar-refractivity contribution is 7.25. The van der Waals surface area contributed by atoms with E-state index in [-0.39, 0.29) is 10.8 Å². The van der Waals surface area contributed by atoms with Crippen molar-refractivity contribution < 1.29 is 0 Å². The van der Waals surface area contributed by atoms with Crippen LogP contribution in [0.2, 0.25) is 0 Å². The molecular weight excluding hydrogens is 549 g/mol. The highest BCUT2D eigenvalue weighted by Crippen LogP contribution is 2.50. The largest absolute Gasteiger partial charge is 0.135 e. The maximum atomic E-state index is 4.38. The van der Waals surface area contributed by atoms with Crippen molar-refractivity contribution in [3.63, 3.8) is 0 Å². The standard InChI is InChI=1S/C43H36S/c1-27-11-7-6-10-22-42(2,3)38-23-28(14-18-32(27)38)30-16-20-35-36-21-17-31(26-41(36)44-40(35)25-30)29-15-19-34-33-12-8-9-13-37(33)43(4,5)39(34)24-29/h6-21,23-26H,1,22H2,2-5H3/b10-6-,11-7-. The lowest BCUT2D eigenvalue weighted by molar-refractivity contribution is 0.533. The fourth-order valence-electron chi connectivity index (χ4n) is 7.40. The van der Waals surface area contributed by atoms with Crippen LogP contribution in [0, 0.1) is 0 Å². The molecule has 2 aliphatic carbocycles. The first-order valence-electron chi connectivity index (χ1n) is 15.6. The van der Waals surface area contributed by atoms with Crippen molar-refractivity contribution in [2.45, 2.75) is 44.9 Å². The minimum atomic E-state index is 0.00413. The van der Waals surface area contributed by atoms with Gasteiger partial charge in [0.15, 0.2) is 0 Å². The van der Waals surface area contributed by atoms with Gasteiger partial charge in [0.25, 0.3) is 0 Å². The summed E-state index contributed by atoms with van der Waals surface area (Å²) in [5.41, 5.74) is 14.4. The molecule has 5 aromatic carbocycles. The van der Waals surface area contributed by atoms with Gasteiger partial charge in [0.05, 0.1) is 0 Å². The summed E-state index contributed by atoms with van der Waals surface area (Å²) in [4.78, 5) is 0. The lowest BCUT2D eigenvalue weighted by Crippen LogP contribution is -2.18. The number of fused-ring (bicyclic) bond motifs is 7. The minimum absolute atomic E-state index is 0.00413. The Bertz CT molecular complexity index is 2210. The van der Waals surface area contributed by atoms with Crippen LogP contribution in [-0.2, 0) is 10.8 Å². The molecule has 0 fully saturated rings. The molecule has 0 unspecified atom stereocenters. The second kappa shape index (κ2) is 9.78. The first kappa shape index (κ1) is 27.1. The van der Waals surface area contributed by atoms with E-state index in [4.69, 9.17) is 0 Å². The van der Waals surface area contributed by atoms with Crippen molar-refractivity contribution in [3.05, 3.63) is 150 Å². The fourth-order valence-corrected chi connectivity index (χ4v) is 8.58. The summed E-state index contributed by atoms with van der Waals surface area (Å²) >= 11 is 1.90. The van der Waals surface area contributed by atoms with Crippen LogP contribution < -0.4 is 0 Å². The minimum Gasteiger partial charge on any atom is -0.135 e. The second-order valence-corrected chi connectivity index (χ2v) is 14.7. The second-order valence-electron chi connectivity index (χ2n) is 13.6. The Morgan fingerprint density at radius 1 is 0.568 bits per heavy atom. The Hall–Kier alpha value is -4.46. The Morgan fingerprint density at radius 2 is 1.14 bits per heavy atom. The SMILES string of the molecule is C=C1/C=C\C=C/CC(C)(C)c2cc(-c3ccc4c(c3)sc3cc(-c5ccc6c(c5)C(C)(C)c5ccccc5-6)ccc34)ccc21. The quantitative estimate of drug-likeness (QED) is 0.190. The molecule has 0 N–H and O–H groups in total. The molecule has 0 amide bonds. The average Bonchev–Trinajstić information content (AvgIpc) is 3.52. The molecule has 6 aromatic rings. The van der Waals surface area contributed by atoms with Crippen molar-refractivity contribution in [3.8, 4) is 33.4 Å². The molecule has 0 saturated carbocycles. The third kappa shape index (κ3) is 4.18. The molecular formula is C43H36S. The molecule has 0 nitrogen and oxygen atoms in total. The highest BCUT2D eigenvalue weighted by atomic mass is 32.1. The molecule has 0 aliphatic heterocycles. The summed E-state index contributed by atoms with van der Waals surface area (Å²) in [6.45, 7) is 13.8. The van der Waals surface area contributed by atoms with Gasteiger partial charge in [-0.1, -0.05) is 131 Å². The summed E-state index contributed by atoms with van der Waals surface area (Å²) in [6, 6.07) is 36.8. The Balaban J connectivity index is 1.18. The van der Waals surface area contributed by atoms with Crippen LogP contribution >= 0.6 is 11.3 Å². The van der Waals surface area contributed by atoms with Gasteiger partial charge in [-0.25, -0.2) is 0 Å². The molecule has 1 aromatic heterocycles. The summed E-state index contributed by atoms with van der Waals surface area (Å²) < 4.78 is 2.67. The molecule has 214 valence electrons. The van der Waals surface area contributed by atoms with Crippen LogP contribution in [0.1, 0.15) is 56.4 Å².